The van der Waals surface area contributed by atoms with Gasteiger partial charge in [0.15, 0.2) is 5.78 Å². The van der Waals surface area contributed by atoms with Gasteiger partial charge in [0.1, 0.15) is 5.82 Å². The van der Waals surface area contributed by atoms with Crippen LogP contribution in [-0.2, 0) is 11.2 Å². The highest BCUT2D eigenvalue weighted by Crippen LogP contribution is 2.37. The van der Waals surface area contributed by atoms with Gasteiger partial charge >= 0.3 is 0 Å². The van der Waals surface area contributed by atoms with E-state index in [2.05, 4.69) is 18.7 Å². The lowest BCUT2D eigenvalue weighted by Gasteiger charge is -2.39. The summed E-state index contributed by atoms with van der Waals surface area (Å²) < 4.78 is 13.1. The Balaban J connectivity index is 2.23. The zero-order chi connectivity index (χ0) is 15.5. The van der Waals surface area contributed by atoms with Gasteiger partial charge in [-0.25, -0.2) is 4.39 Å². The Hall–Kier alpha value is -0.930. The third-order valence-electron chi connectivity index (χ3n) is 4.68. The van der Waals surface area contributed by atoms with E-state index in [-0.39, 0.29) is 23.6 Å². The summed E-state index contributed by atoms with van der Waals surface area (Å²) in [5.41, 5.74) is 0.378. The molecule has 0 bridgehead atoms. The Morgan fingerprint density at radius 2 is 1.90 bits per heavy atom. The van der Waals surface area contributed by atoms with Crippen LogP contribution in [-0.4, -0.2) is 29.3 Å². The fourth-order valence-electron chi connectivity index (χ4n) is 3.56. The smallest absolute Gasteiger partial charge is 0.157 e. The zero-order valence-corrected chi connectivity index (χ0v) is 13.5. The first-order valence-corrected chi connectivity index (χ1v) is 8.13. The molecule has 1 aromatic rings. The van der Waals surface area contributed by atoms with E-state index in [9.17, 15) is 9.18 Å². The SMILES string of the molecule is CCN(CC)C1(C(=O)Cc2ccc(F)cc2Cl)CCCC1. The molecule has 21 heavy (non-hydrogen) atoms. The molecule has 1 fully saturated rings. The van der Waals surface area contributed by atoms with Crippen molar-refractivity contribution in [3.63, 3.8) is 0 Å². The molecule has 0 unspecified atom stereocenters. The summed E-state index contributed by atoms with van der Waals surface area (Å²) in [5.74, 6) is -0.146. The Bertz CT molecular complexity index is 508. The van der Waals surface area contributed by atoms with Gasteiger partial charge in [0.25, 0.3) is 0 Å². The van der Waals surface area contributed by atoms with E-state index in [1.165, 1.54) is 12.1 Å². The second kappa shape index (κ2) is 6.89. The number of carbonyl (C=O) groups is 1. The van der Waals surface area contributed by atoms with Gasteiger partial charge in [-0.3, -0.25) is 9.69 Å². The maximum Gasteiger partial charge on any atom is 0.157 e. The highest BCUT2D eigenvalue weighted by atomic mass is 35.5. The van der Waals surface area contributed by atoms with Crippen LogP contribution in [0, 0.1) is 5.82 Å². The fraction of sp³-hybridized carbons (Fsp3) is 0.588. The van der Waals surface area contributed by atoms with Gasteiger partial charge in [-0.05, 0) is 43.6 Å². The fourth-order valence-corrected chi connectivity index (χ4v) is 3.80. The molecular formula is C17H23ClFNO. The number of rotatable bonds is 6. The lowest BCUT2D eigenvalue weighted by atomic mass is 9.86. The molecule has 2 nitrogen and oxygen atoms in total. The van der Waals surface area contributed by atoms with Crippen molar-refractivity contribution in [3.8, 4) is 0 Å². The van der Waals surface area contributed by atoms with Crippen molar-refractivity contribution in [2.45, 2.75) is 51.5 Å². The Kier molecular flexibility index (Phi) is 5.39. The van der Waals surface area contributed by atoms with E-state index < -0.39 is 0 Å². The minimum Gasteiger partial charge on any atom is -0.297 e. The van der Waals surface area contributed by atoms with Crippen LogP contribution >= 0.6 is 11.6 Å². The van der Waals surface area contributed by atoms with E-state index >= 15 is 0 Å². The molecule has 1 aliphatic rings. The number of hydrogen-bond acceptors (Lipinski definition) is 2. The van der Waals surface area contributed by atoms with Crippen molar-refractivity contribution in [2.24, 2.45) is 0 Å². The monoisotopic (exact) mass is 311 g/mol. The topological polar surface area (TPSA) is 20.3 Å². The summed E-state index contributed by atoms with van der Waals surface area (Å²) in [7, 11) is 0. The van der Waals surface area contributed by atoms with Crippen LogP contribution in [0.15, 0.2) is 18.2 Å². The van der Waals surface area contributed by atoms with E-state index in [1.54, 1.807) is 6.07 Å². The molecule has 0 aliphatic heterocycles. The zero-order valence-electron chi connectivity index (χ0n) is 12.8. The van der Waals surface area contributed by atoms with Crippen LogP contribution in [0.4, 0.5) is 4.39 Å². The minimum absolute atomic E-state index is 0.220. The molecule has 0 heterocycles. The van der Waals surface area contributed by atoms with Crippen molar-refractivity contribution in [3.05, 3.63) is 34.6 Å². The molecule has 2 rings (SSSR count). The van der Waals surface area contributed by atoms with Gasteiger partial charge in [0, 0.05) is 11.4 Å². The molecule has 1 saturated carbocycles. The van der Waals surface area contributed by atoms with Gasteiger partial charge in [-0.15, -0.1) is 0 Å². The highest BCUT2D eigenvalue weighted by Gasteiger charge is 2.44. The number of benzene rings is 1. The Labute approximate surface area is 131 Å². The van der Waals surface area contributed by atoms with E-state index in [0.717, 1.165) is 44.3 Å². The summed E-state index contributed by atoms with van der Waals surface area (Å²) in [6.07, 6.45) is 4.33. The van der Waals surface area contributed by atoms with E-state index in [4.69, 9.17) is 11.6 Å². The summed E-state index contributed by atoms with van der Waals surface area (Å²) in [6.45, 7) is 5.95. The molecule has 0 aromatic heterocycles. The van der Waals surface area contributed by atoms with E-state index in [0.29, 0.717) is 5.02 Å². The molecule has 0 radical (unpaired) electrons. The first kappa shape index (κ1) is 16.4. The summed E-state index contributed by atoms with van der Waals surface area (Å²) in [4.78, 5) is 15.2. The molecule has 116 valence electrons. The Morgan fingerprint density at radius 3 is 2.43 bits per heavy atom. The Morgan fingerprint density at radius 1 is 1.29 bits per heavy atom. The van der Waals surface area contributed by atoms with Crippen LogP contribution in [0.1, 0.15) is 45.1 Å². The number of nitrogens with zero attached hydrogens (tertiary/aromatic N) is 1. The summed E-state index contributed by atoms with van der Waals surface area (Å²) >= 11 is 6.07. The summed E-state index contributed by atoms with van der Waals surface area (Å²) in [5, 5.41) is 0.344. The largest absolute Gasteiger partial charge is 0.297 e. The third-order valence-corrected chi connectivity index (χ3v) is 5.04. The number of ketones is 1. The van der Waals surface area contributed by atoms with Crippen LogP contribution in [0.5, 0.6) is 0 Å². The van der Waals surface area contributed by atoms with Crippen LogP contribution in [0.25, 0.3) is 0 Å². The summed E-state index contributed by atoms with van der Waals surface area (Å²) in [6, 6.07) is 4.27. The first-order chi connectivity index (χ1) is 10.0. The third kappa shape index (κ3) is 3.29. The minimum atomic E-state index is -0.365. The van der Waals surface area contributed by atoms with Crippen molar-refractivity contribution < 1.29 is 9.18 Å². The molecule has 0 N–H and O–H groups in total. The second-order valence-corrected chi connectivity index (χ2v) is 6.15. The number of halogens is 2. The van der Waals surface area contributed by atoms with Crippen LogP contribution in [0.3, 0.4) is 0 Å². The maximum absolute atomic E-state index is 13.1. The predicted molar refractivity (Wildman–Crippen MR) is 84.2 cm³/mol. The van der Waals surface area contributed by atoms with Gasteiger partial charge < -0.3 is 0 Å². The normalized spacial score (nSPS) is 17.4. The molecule has 4 heteroatoms. The molecule has 0 saturated heterocycles. The van der Waals surface area contributed by atoms with E-state index in [1.807, 2.05) is 0 Å². The molecule has 1 aromatic carbocycles. The maximum atomic E-state index is 13.1. The van der Waals surface area contributed by atoms with Crippen molar-refractivity contribution >= 4 is 17.4 Å². The number of likely N-dealkylation sites (N-methyl/N-ethyl adjacent to an activating group) is 1. The molecule has 0 amide bonds. The predicted octanol–water partition coefficient (Wildman–Crippen LogP) is 4.25. The van der Waals surface area contributed by atoms with Gasteiger partial charge in [0.05, 0.1) is 5.54 Å². The first-order valence-electron chi connectivity index (χ1n) is 7.75. The lowest BCUT2D eigenvalue weighted by Crippen LogP contribution is -2.53. The van der Waals surface area contributed by atoms with Crippen molar-refractivity contribution in [2.75, 3.05) is 13.1 Å². The van der Waals surface area contributed by atoms with Crippen molar-refractivity contribution in [1.82, 2.24) is 4.90 Å². The second-order valence-electron chi connectivity index (χ2n) is 5.75. The van der Waals surface area contributed by atoms with Gasteiger partial charge in [0.2, 0.25) is 0 Å². The van der Waals surface area contributed by atoms with Crippen LogP contribution in [0.2, 0.25) is 5.02 Å². The number of hydrogen-bond donors (Lipinski definition) is 0. The molecule has 1 aliphatic carbocycles. The lowest BCUT2D eigenvalue weighted by molar-refractivity contribution is -0.130. The molecule has 0 spiro atoms. The molecular weight excluding hydrogens is 289 g/mol. The van der Waals surface area contributed by atoms with Gasteiger partial charge in [-0.2, -0.15) is 0 Å². The van der Waals surface area contributed by atoms with Crippen molar-refractivity contribution in [1.29, 1.82) is 0 Å². The number of Topliss-reactive ketones (excluding diaryl/α,β-unsaturated/α-hetero) is 1. The van der Waals surface area contributed by atoms with Gasteiger partial charge in [-0.1, -0.05) is 44.4 Å². The van der Waals surface area contributed by atoms with Crippen LogP contribution < -0.4 is 0 Å². The molecule has 0 atom stereocenters. The average Bonchev–Trinajstić information content (AvgIpc) is 2.94. The average molecular weight is 312 g/mol. The standard InChI is InChI=1S/C17H23ClFNO/c1-3-20(4-2)17(9-5-6-10-17)16(21)11-13-7-8-14(19)12-15(13)18/h7-8,12H,3-6,9-11H2,1-2H3. The highest BCUT2D eigenvalue weighted by molar-refractivity contribution is 6.31. The number of carbonyl (C=O) groups excluding carboxylic acids is 1. The quantitative estimate of drug-likeness (QED) is 0.783.